The van der Waals surface area contributed by atoms with Crippen LogP contribution in [0.2, 0.25) is 0 Å². The zero-order valence-electron chi connectivity index (χ0n) is 16.9. The Kier molecular flexibility index (Phi) is 5.10. The van der Waals surface area contributed by atoms with Crippen LogP contribution in [0.4, 0.5) is 0 Å². The van der Waals surface area contributed by atoms with Crippen molar-refractivity contribution in [2.24, 2.45) is 0 Å². The first-order valence-corrected chi connectivity index (χ1v) is 10.7. The molecule has 0 saturated carbocycles. The number of rotatable bonds is 6. The standard InChI is InChI=1S/C23H24N2O4S/c1-22(2)18(19(27)28)25-20(29)23(21(25)30-22,14-16-11-7-4-8-12-16)24-17(26)13-15-9-5-3-6-10-15/h3-12,18,21H,13-14H2,1-2H3,(H,24,26)(H,27,28)/t18-,21+,23?/m0/s1. The third kappa shape index (κ3) is 3.37. The molecule has 30 heavy (non-hydrogen) atoms. The fraction of sp³-hybridized carbons (Fsp3) is 0.348. The highest BCUT2D eigenvalue weighted by Gasteiger charge is 2.71. The Hall–Kier alpha value is -2.80. The maximum atomic E-state index is 13.4. The fourth-order valence-corrected chi connectivity index (χ4v) is 6.14. The van der Waals surface area contributed by atoms with E-state index in [1.54, 1.807) is 0 Å². The van der Waals surface area contributed by atoms with Crippen LogP contribution in [0.5, 0.6) is 0 Å². The van der Waals surface area contributed by atoms with Gasteiger partial charge in [-0.2, -0.15) is 0 Å². The Labute approximate surface area is 179 Å². The number of nitrogens with one attached hydrogen (secondary N) is 1. The average Bonchev–Trinajstić information content (AvgIpc) is 2.98. The molecule has 0 aromatic heterocycles. The largest absolute Gasteiger partial charge is 0.480 e. The molecule has 0 spiro atoms. The number of carboxylic acid groups (broad SMARTS) is 1. The van der Waals surface area contributed by atoms with Crippen LogP contribution in [-0.4, -0.2) is 49.5 Å². The van der Waals surface area contributed by atoms with Gasteiger partial charge >= 0.3 is 5.97 Å². The van der Waals surface area contributed by atoms with Crippen LogP contribution >= 0.6 is 11.8 Å². The van der Waals surface area contributed by atoms with E-state index in [0.717, 1.165) is 11.1 Å². The smallest absolute Gasteiger partial charge is 0.327 e. The number of hydrogen-bond donors (Lipinski definition) is 2. The van der Waals surface area contributed by atoms with E-state index >= 15 is 0 Å². The predicted octanol–water partition coefficient (Wildman–Crippen LogP) is 2.47. The van der Waals surface area contributed by atoms with Gasteiger partial charge in [0.25, 0.3) is 5.91 Å². The van der Waals surface area contributed by atoms with Crippen molar-refractivity contribution in [3.8, 4) is 0 Å². The number of thioether (sulfide) groups is 1. The van der Waals surface area contributed by atoms with Crippen molar-refractivity contribution in [3.05, 3.63) is 71.8 Å². The number of nitrogens with zero attached hydrogens (tertiary/aromatic N) is 1. The van der Waals surface area contributed by atoms with Gasteiger partial charge in [0.1, 0.15) is 11.4 Å². The molecule has 1 unspecified atom stereocenters. The van der Waals surface area contributed by atoms with Crippen LogP contribution < -0.4 is 5.32 Å². The Bertz CT molecular complexity index is 979. The molecule has 2 N–H and O–H groups in total. The highest BCUT2D eigenvalue weighted by Crippen LogP contribution is 2.55. The molecule has 2 saturated heterocycles. The molecule has 2 aliphatic rings. The first-order chi connectivity index (χ1) is 14.2. The van der Waals surface area contributed by atoms with Gasteiger partial charge in [-0.25, -0.2) is 4.79 Å². The minimum atomic E-state index is -1.15. The molecule has 0 radical (unpaired) electrons. The van der Waals surface area contributed by atoms with Crippen molar-refractivity contribution in [1.82, 2.24) is 10.2 Å². The first kappa shape index (κ1) is 20.5. The molecule has 156 valence electrons. The molecule has 3 atom stereocenters. The molecule has 0 bridgehead atoms. The Morgan fingerprint density at radius 2 is 1.60 bits per heavy atom. The van der Waals surface area contributed by atoms with Gasteiger partial charge in [-0.1, -0.05) is 60.7 Å². The van der Waals surface area contributed by atoms with Crippen molar-refractivity contribution in [2.75, 3.05) is 0 Å². The normalized spacial score (nSPS) is 26.6. The van der Waals surface area contributed by atoms with E-state index in [1.165, 1.54) is 16.7 Å². The van der Waals surface area contributed by atoms with E-state index in [0.29, 0.717) is 6.42 Å². The molecule has 2 aromatic carbocycles. The van der Waals surface area contributed by atoms with Gasteiger partial charge in [-0.05, 0) is 25.0 Å². The summed E-state index contributed by atoms with van der Waals surface area (Å²) in [6, 6.07) is 17.9. The Balaban J connectivity index is 1.65. The van der Waals surface area contributed by atoms with Crippen LogP contribution in [0.25, 0.3) is 0 Å². The molecule has 2 fully saturated rings. The maximum Gasteiger partial charge on any atom is 0.327 e. The molecule has 2 amide bonds. The quantitative estimate of drug-likeness (QED) is 0.696. The van der Waals surface area contributed by atoms with Crippen LogP contribution in [0.15, 0.2) is 60.7 Å². The Morgan fingerprint density at radius 1 is 1.03 bits per heavy atom. The van der Waals surface area contributed by atoms with Crippen molar-refractivity contribution < 1.29 is 19.5 Å². The van der Waals surface area contributed by atoms with E-state index < -0.39 is 27.7 Å². The number of benzene rings is 2. The molecule has 2 aliphatic heterocycles. The molecule has 2 heterocycles. The summed E-state index contributed by atoms with van der Waals surface area (Å²) < 4.78 is -0.658. The van der Waals surface area contributed by atoms with Gasteiger partial charge in [0.05, 0.1) is 6.42 Å². The van der Waals surface area contributed by atoms with Gasteiger partial charge in [0.2, 0.25) is 5.91 Å². The number of β-lactam (4-membered cyclic amide) rings is 1. The Morgan fingerprint density at radius 3 is 2.17 bits per heavy atom. The second kappa shape index (κ2) is 7.47. The monoisotopic (exact) mass is 424 g/mol. The second-order valence-corrected chi connectivity index (χ2v) is 10.1. The van der Waals surface area contributed by atoms with Gasteiger partial charge in [0, 0.05) is 11.2 Å². The topological polar surface area (TPSA) is 86.7 Å². The average molecular weight is 425 g/mol. The molecular weight excluding hydrogens is 400 g/mol. The number of carboxylic acids is 1. The van der Waals surface area contributed by atoms with Crippen LogP contribution in [0.3, 0.4) is 0 Å². The number of carbonyl (C=O) groups excluding carboxylic acids is 2. The zero-order chi connectivity index (χ0) is 21.5. The summed E-state index contributed by atoms with van der Waals surface area (Å²) in [5, 5.41) is 12.3. The third-order valence-electron chi connectivity index (χ3n) is 5.77. The SMILES string of the molecule is CC1(C)S[C@H]2N(C(=O)C2(Cc2ccccc2)NC(=O)Cc2ccccc2)[C@H]1C(=O)O. The second-order valence-electron chi connectivity index (χ2n) is 8.37. The van der Waals surface area contributed by atoms with E-state index in [2.05, 4.69) is 5.32 Å². The number of hydrogen-bond acceptors (Lipinski definition) is 4. The van der Waals surface area contributed by atoms with Gasteiger partial charge < -0.3 is 15.3 Å². The van der Waals surface area contributed by atoms with Crippen molar-refractivity contribution >= 4 is 29.5 Å². The van der Waals surface area contributed by atoms with Crippen molar-refractivity contribution in [3.63, 3.8) is 0 Å². The van der Waals surface area contributed by atoms with Crippen molar-refractivity contribution in [1.29, 1.82) is 0 Å². The first-order valence-electron chi connectivity index (χ1n) is 9.87. The lowest BCUT2D eigenvalue weighted by Gasteiger charge is -2.53. The predicted molar refractivity (Wildman–Crippen MR) is 115 cm³/mol. The van der Waals surface area contributed by atoms with Crippen LogP contribution in [-0.2, 0) is 27.2 Å². The summed E-state index contributed by atoms with van der Waals surface area (Å²) in [5.41, 5.74) is 0.623. The summed E-state index contributed by atoms with van der Waals surface area (Å²) in [4.78, 5) is 39.6. The molecule has 2 aromatic rings. The fourth-order valence-electron chi connectivity index (χ4n) is 4.44. The summed E-state index contributed by atoms with van der Waals surface area (Å²) in [7, 11) is 0. The third-order valence-corrected chi connectivity index (χ3v) is 7.46. The highest BCUT2D eigenvalue weighted by molar-refractivity contribution is 8.01. The van der Waals surface area contributed by atoms with Gasteiger partial charge in [0.15, 0.2) is 5.54 Å². The number of amides is 2. The van der Waals surface area contributed by atoms with Crippen LogP contribution in [0.1, 0.15) is 25.0 Å². The van der Waals surface area contributed by atoms with Crippen LogP contribution in [0, 0.1) is 0 Å². The molecule has 6 nitrogen and oxygen atoms in total. The molecule has 0 aliphatic carbocycles. The van der Waals surface area contributed by atoms with Crippen molar-refractivity contribution in [2.45, 2.75) is 48.4 Å². The lowest BCUT2D eigenvalue weighted by atomic mass is 9.79. The number of fused-ring (bicyclic) bond motifs is 1. The van der Waals surface area contributed by atoms with E-state index in [1.807, 2.05) is 74.5 Å². The minimum Gasteiger partial charge on any atom is -0.480 e. The van der Waals surface area contributed by atoms with E-state index in [9.17, 15) is 19.5 Å². The summed E-state index contributed by atoms with van der Waals surface area (Å²) in [6.45, 7) is 3.67. The molecule has 7 heteroatoms. The minimum absolute atomic E-state index is 0.161. The van der Waals surface area contributed by atoms with Gasteiger partial charge in [-0.15, -0.1) is 11.8 Å². The zero-order valence-corrected chi connectivity index (χ0v) is 17.7. The maximum absolute atomic E-state index is 13.4. The summed E-state index contributed by atoms with van der Waals surface area (Å²) in [6.07, 6.45) is 0.484. The molecular formula is C23H24N2O4S. The summed E-state index contributed by atoms with van der Waals surface area (Å²) >= 11 is 1.44. The molecule has 4 rings (SSSR count). The van der Waals surface area contributed by atoms with E-state index in [-0.39, 0.29) is 18.2 Å². The lowest BCUT2D eigenvalue weighted by Crippen LogP contribution is -2.80. The van der Waals surface area contributed by atoms with Gasteiger partial charge in [-0.3, -0.25) is 9.59 Å². The van der Waals surface area contributed by atoms with E-state index in [4.69, 9.17) is 0 Å². The highest BCUT2D eigenvalue weighted by atomic mass is 32.2. The number of aliphatic carboxylic acids is 1. The summed E-state index contributed by atoms with van der Waals surface area (Å²) in [5.74, 6) is -1.60. The number of carbonyl (C=O) groups is 3. The lowest BCUT2D eigenvalue weighted by molar-refractivity contribution is -0.169.